The minimum absolute atomic E-state index is 0.00300. The number of ether oxygens (including phenoxy) is 1. The van der Waals surface area contributed by atoms with E-state index in [1.54, 1.807) is 7.11 Å². The first kappa shape index (κ1) is 14.8. The van der Waals surface area contributed by atoms with Crippen LogP contribution in [-0.2, 0) is 11.2 Å². The molecule has 122 valence electrons. The van der Waals surface area contributed by atoms with Gasteiger partial charge in [-0.25, -0.2) is 0 Å². The second kappa shape index (κ2) is 5.12. The number of hydrogen-bond acceptors (Lipinski definition) is 2. The molecule has 3 heteroatoms. The van der Waals surface area contributed by atoms with Gasteiger partial charge < -0.3 is 10.5 Å². The molecule has 4 atom stereocenters. The molecule has 3 aliphatic rings. The van der Waals surface area contributed by atoms with E-state index in [-0.39, 0.29) is 11.3 Å². The van der Waals surface area contributed by atoms with Crippen LogP contribution in [0.5, 0.6) is 5.75 Å². The van der Waals surface area contributed by atoms with Gasteiger partial charge in [0.15, 0.2) is 0 Å². The van der Waals surface area contributed by atoms with Crippen LogP contribution in [0.3, 0.4) is 0 Å². The predicted molar refractivity (Wildman–Crippen MR) is 90.3 cm³/mol. The van der Waals surface area contributed by atoms with E-state index in [4.69, 9.17) is 10.5 Å². The van der Waals surface area contributed by atoms with Gasteiger partial charge in [-0.3, -0.25) is 4.79 Å². The number of nitrogens with two attached hydrogens (primary N) is 1. The molecular formula is C20H25NO2. The number of carbonyl (C=O) groups is 1. The van der Waals surface area contributed by atoms with Crippen molar-refractivity contribution in [2.45, 2.75) is 44.9 Å². The Bertz CT molecular complexity index is 693. The third-order valence-electron chi connectivity index (χ3n) is 6.78. The summed E-state index contributed by atoms with van der Waals surface area (Å²) in [5.74, 6) is 2.61. The second-order valence-corrected chi connectivity index (χ2v) is 7.65. The number of primary amides is 1. The fourth-order valence-corrected chi connectivity index (χ4v) is 5.64. The van der Waals surface area contributed by atoms with E-state index in [0.29, 0.717) is 17.8 Å². The molecule has 0 aliphatic heterocycles. The maximum atomic E-state index is 11.8. The third kappa shape index (κ3) is 2.05. The Labute approximate surface area is 137 Å². The fraction of sp³-hybridized carbons (Fsp3) is 0.550. The summed E-state index contributed by atoms with van der Waals surface area (Å²) in [5, 5.41) is 0. The van der Waals surface area contributed by atoms with E-state index in [0.717, 1.165) is 37.0 Å². The summed E-state index contributed by atoms with van der Waals surface area (Å²) in [5.41, 5.74) is 9.50. The van der Waals surface area contributed by atoms with E-state index >= 15 is 0 Å². The van der Waals surface area contributed by atoms with Crippen molar-refractivity contribution in [1.29, 1.82) is 0 Å². The van der Waals surface area contributed by atoms with Crippen LogP contribution in [0.1, 0.15) is 49.7 Å². The van der Waals surface area contributed by atoms with Crippen molar-refractivity contribution in [3.63, 3.8) is 0 Å². The van der Waals surface area contributed by atoms with Crippen molar-refractivity contribution < 1.29 is 9.53 Å². The van der Waals surface area contributed by atoms with Gasteiger partial charge >= 0.3 is 0 Å². The number of hydrogen-bond donors (Lipinski definition) is 1. The molecule has 0 unspecified atom stereocenters. The van der Waals surface area contributed by atoms with Crippen molar-refractivity contribution in [3.05, 3.63) is 41.0 Å². The van der Waals surface area contributed by atoms with Crippen molar-refractivity contribution in [3.8, 4) is 5.75 Å². The molecule has 3 aliphatic carbocycles. The van der Waals surface area contributed by atoms with Crippen molar-refractivity contribution >= 4 is 5.91 Å². The van der Waals surface area contributed by atoms with Gasteiger partial charge in [0, 0.05) is 11.0 Å². The van der Waals surface area contributed by atoms with Crippen molar-refractivity contribution in [2.75, 3.05) is 7.11 Å². The van der Waals surface area contributed by atoms with E-state index < -0.39 is 0 Å². The zero-order chi connectivity index (χ0) is 16.2. The Kier molecular flexibility index (Phi) is 3.29. The Morgan fingerprint density at radius 2 is 2.17 bits per heavy atom. The Morgan fingerprint density at radius 1 is 1.35 bits per heavy atom. The summed E-state index contributed by atoms with van der Waals surface area (Å²) in [4.78, 5) is 11.8. The van der Waals surface area contributed by atoms with Crippen molar-refractivity contribution in [2.24, 2.45) is 23.0 Å². The van der Waals surface area contributed by atoms with Gasteiger partial charge in [-0.05, 0) is 73.1 Å². The standard InChI is InChI=1S/C20H25NO2/c1-20-10-9-15-14-6-4-13(23-2)11-12(14)3-5-16(15)17(20)7-8-18(20)19(21)22/h4,6,8,11,15-17H,3,5,7,9-10H2,1-2H3,(H2,21,22)/t15-,16-,17+,20+/m1/s1. The molecule has 0 radical (unpaired) electrons. The van der Waals surface area contributed by atoms with Crippen LogP contribution in [-0.4, -0.2) is 13.0 Å². The van der Waals surface area contributed by atoms with Crippen molar-refractivity contribution in [1.82, 2.24) is 0 Å². The van der Waals surface area contributed by atoms with E-state index in [9.17, 15) is 4.79 Å². The molecule has 3 nitrogen and oxygen atoms in total. The summed E-state index contributed by atoms with van der Waals surface area (Å²) < 4.78 is 5.38. The molecule has 0 heterocycles. The summed E-state index contributed by atoms with van der Waals surface area (Å²) in [7, 11) is 1.73. The molecule has 4 rings (SSSR count). The molecular weight excluding hydrogens is 286 g/mol. The maximum Gasteiger partial charge on any atom is 0.244 e. The van der Waals surface area contributed by atoms with Crippen LogP contribution in [0.15, 0.2) is 29.8 Å². The van der Waals surface area contributed by atoms with Gasteiger partial charge in [0.2, 0.25) is 5.91 Å². The smallest absolute Gasteiger partial charge is 0.244 e. The van der Waals surface area contributed by atoms with E-state index in [1.165, 1.54) is 17.5 Å². The number of amides is 1. The van der Waals surface area contributed by atoms with Crippen LogP contribution in [0.25, 0.3) is 0 Å². The zero-order valence-corrected chi connectivity index (χ0v) is 14.0. The van der Waals surface area contributed by atoms with Crippen LogP contribution in [0, 0.1) is 17.3 Å². The number of methoxy groups -OCH3 is 1. The average molecular weight is 311 g/mol. The highest BCUT2D eigenvalue weighted by Gasteiger charge is 2.52. The first-order valence-electron chi connectivity index (χ1n) is 8.72. The van der Waals surface area contributed by atoms with Gasteiger partial charge in [-0.1, -0.05) is 19.1 Å². The molecule has 1 aromatic carbocycles. The molecule has 1 aromatic rings. The number of carbonyl (C=O) groups excluding carboxylic acids is 1. The van der Waals surface area contributed by atoms with Crippen LogP contribution in [0.4, 0.5) is 0 Å². The molecule has 1 saturated carbocycles. The number of rotatable bonds is 2. The highest BCUT2D eigenvalue weighted by molar-refractivity contribution is 5.94. The number of aryl methyl sites for hydroxylation is 1. The van der Waals surface area contributed by atoms with Gasteiger partial charge in [0.1, 0.15) is 5.75 Å². The van der Waals surface area contributed by atoms with Gasteiger partial charge in [0.05, 0.1) is 7.11 Å². The molecule has 0 spiro atoms. The maximum absolute atomic E-state index is 11.8. The Balaban J connectivity index is 1.67. The predicted octanol–water partition coefficient (Wildman–Crippen LogP) is 3.57. The minimum Gasteiger partial charge on any atom is -0.497 e. The highest BCUT2D eigenvalue weighted by Crippen LogP contribution is 2.61. The topological polar surface area (TPSA) is 52.3 Å². The lowest BCUT2D eigenvalue weighted by atomic mass is 9.54. The quantitative estimate of drug-likeness (QED) is 0.907. The summed E-state index contributed by atoms with van der Waals surface area (Å²) in [6, 6.07) is 6.57. The minimum atomic E-state index is -0.214. The lowest BCUT2D eigenvalue weighted by Gasteiger charge is -2.50. The zero-order valence-electron chi connectivity index (χ0n) is 14.0. The highest BCUT2D eigenvalue weighted by atomic mass is 16.5. The van der Waals surface area contributed by atoms with Gasteiger partial charge in [-0.2, -0.15) is 0 Å². The first-order valence-corrected chi connectivity index (χ1v) is 8.72. The van der Waals surface area contributed by atoms with E-state index in [2.05, 4.69) is 31.2 Å². The van der Waals surface area contributed by atoms with Crippen LogP contribution < -0.4 is 10.5 Å². The molecule has 23 heavy (non-hydrogen) atoms. The van der Waals surface area contributed by atoms with Crippen LogP contribution in [0.2, 0.25) is 0 Å². The molecule has 1 fully saturated rings. The Hall–Kier alpha value is -1.77. The average Bonchev–Trinajstić information content (AvgIpc) is 2.91. The van der Waals surface area contributed by atoms with Crippen LogP contribution >= 0.6 is 0 Å². The molecule has 0 bridgehead atoms. The molecule has 1 amide bonds. The lowest BCUT2D eigenvalue weighted by Crippen LogP contribution is -2.43. The number of fused-ring (bicyclic) bond motifs is 5. The van der Waals surface area contributed by atoms with Gasteiger partial charge in [0.25, 0.3) is 0 Å². The summed E-state index contributed by atoms with van der Waals surface area (Å²) in [6.07, 6.45) is 7.69. The summed E-state index contributed by atoms with van der Waals surface area (Å²) in [6.45, 7) is 2.26. The molecule has 0 saturated heterocycles. The van der Waals surface area contributed by atoms with Gasteiger partial charge in [-0.15, -0.1) is 0 Å². The largest absolute Gasteiger partial charge is 0.497 e. The monoisotopic (exact) mass is 311 g/mol. The normalized spacial score (nSPS) is 34.9. The van der Waals surface area contributed by atoms with E-state index in [1.807, 2.05) is 0 Å². The lowest BCUT2D eigenvalue weighted by molar-refractivity contribution is -0.116. The number of benzene rings is 1. The number of allylic oxidation sites excluding steroid dienone is 1. The third-order valence-corrected chi connectivity index (χ3v) is 6.78. The first-order chi connectivity index (χ1) is 11.0. The SMILES string of the molecule is COc1ccc2c(c1)CC[C@@H]1[C@@H]2CC[C@]2(C)C(C(N)=O)=CC[C@@H]12. The fourth-order valence-electron chi connectivity index (χ4n) is 5.64. The summed E-state index contributed by atoms with van der Waals surface area (Å²) >= 11 is 0. The second-order valence-electron chi connectivity index (χ2n) is 7.65. The molecule has 2 N–H and O–H groups in total. The molecule has 0 aromatic heterocycles. The Morgan fingerprint density at radius 3 is 2.91 bits per heavy atom.